The van der Waals surface area contributed by atoms with E-state index in [0.29, 0.717) is 12.8 Å². The highest BCUT2D eigenvalue weighted by molar-refractivity contribution is 5.48. The largest absolute Gasteiger partial charge is 0.497 e. The SMILES string of the molecule is COc1cc(C)c2c(c1)CC[C@@](C)(CC1=C[C@]3(C)CCC[C@]3(C)[C@@]3(C[C@@H](O)C(C)(C)O3)O1)O2. The molecule has 4 aliphatic rings. The molecule has 1 saturated carbocycles. The molecule has 182 valence electrons. The molecule has 33 heavy (non-hydrogen) atoms. The summed E-state index contributed by atoms with van der Waals surface area (Å²) >= 11 is 0. The first-order valence-corrected chi connectivity index (χ1v) is 12.5. The van der Waals surface area contributed by atoms with Gasteiger partial charge >= 0.3 is 0 Å². The highest BCUT2D eigenvalue weighted by Gasteiger charge is 2.70. The number of aryl methyl sites for hydroxylation is 2. The number of rotatable bonds is 3. The zero-order valence-corrected chi connectivity index (χ0v) is 21.3. The van der Waals surface area contributed by atoms with Crippen molar-refractivity contribution in [3.05, 3.63) is 35.1 Å². The second-order valence-electron chi connectivity index (χ2n) is 12.2. The summed E-state index contributed by atoms with van der Waals surface area (Å²) in [7, 11) is 1.71. The number of hydrogen-bond acceptors (Lipinski definition) is 5. The van der Waals surface area contributed by atoms with Gasteiger partial charge in [0.2, 0.25) is 5.79 Å². The Kier molecular flexibility index (Phi) is 4.99. The van der Waals surface area contributed by atoms with E-state index in [0.717, 1.165) is 54.9 Å². The number of benzene rings is 1. The van der Waals surface area contributed by atoms with Crippen LogP contribution in [0.1, 0.15) is 84.3 Å². The van der Waals surface area contributed by atoms with Crippen molar-refractivity contribution in [3.63, 3.8) is 0 Å². The third kappa shape index (κ3) is 3.33. The van der Waals surface area contributed by atoms with Crippen LogP contribution in [0.15, 0.2) is 24.0 Å². The summed E-state index contributed by atoms with van der Waals surface area (Å²) in [5.41, 5.74) is 1.10. The summed E-state index contributed by atoms with van der Waals surface area (Å²) in [5, 5.41) is 10.9. The lowest BCUT2D eigenvalue weighted by atomic mass is 9.60. The average molecular weight is 457 g/mol. The molecule has 0 bridgehead atoms. The molecule has 1 N–H and O–H groups in total. The number of aliphatic hydroxyl groups is 1. The summed E-state index contributed by atoms with van der Waals surface area (Å²) in [5.74, 6) is 1.99. The molecule has 3 aliphatic heterocycles. The molecule has 1 saturated heterocycles. The maximum atomic E-state index is 10.9. The van der Waals surface area contributed by atoms with Crippen molar-refractivity contribution in [3.8, 4) is 11.5 Å². The van der Waals surface area contributed by atoms with Crippen LogP contribution in [0.5, 0.6) is 11.5 Å². The van der Waals surface area contributed by atoms with Gasteiger partial charge in [0.05, 0.1) is 18.8 Å². The van der Waals surface area contributed by atoms with Crippen molar-refractivity contribution in [1.82, 2.24) is 0 Å². The van der Waals surface area contributed by atoms with E-state index in [1.165, 1.54) is 5.56 Å². The molecule has 0 aromatic heterocycles. The lowest BCUT2D eigenvalue weighted by Crippen LogP contribution is -2.57. The molecule has 5 heteroatoms. The van der Waals surface area contributed by atoms with Crippen LogP contribution in [0.2, 0.25) is 0 Å². The molecule has 1 spiro atoms. The third-order valence-corrected chi connectivity index (χ3v) is 9.32. The molecule has 0 unspecified atom stereocenters. The molecule has 5 nitrogen and oxygen atoms in total. The van der Waals surface area contributed by atoms with Crippen LogP contribution in [-0.2, 0) is 15.9 Å². The lowest BCUT2D eigenvalue weighted by molar-refractivity contribution is -0.311. The standard InChI is InChI=1S/C28H40O5/c1-18-13-20(30-7)14-19-9-12-26(5,32-23(18)19)16-21-15-25(4)10-8-11-27(25,6)28(31-21)17-22(29)24(2,3)33-28/h13-15,22,29H,8-12,16-17H2,1-7H3/t22-,25+,26+,27+,28+/m1/s1. The van der Waals surface area contributed by atoms with Crippen molar-refractivity contribution in [2.75, 3.05) is 7.11 Å². The molecule has 0 amide bonds. The summed E-state index contributed by atoms with van der Waals surface area (Å²) in [6.45, 7) is 12.9. The lowest BCUT2D eigenvalue weighted by Gasteiger charge is -2.55. The fourth-order valence-corrected chi connectivity index (χ4v) is 6.91. The molecule has 0 radical (unpaired) electrons. The maximum Gasteiger partial charge on any atom is 0.219 e. The van der Waals surface area contributed by atoms with E-state index in [1.54, 1.807) is 7.11 Å². The van der Waals surface area contributed by atoms with Crippen molar-refractivity contribution in [2.45, 2.75) is 110 Å². The Morgan fingerprint density at radius 2 is 1.82 bits per heavy atom. The van der Waals surface area contributed by atoms with Crippen LogP contribution < -0.4 is 9.47 Å². The van der Waals surface area contributed by atoms with Gasteiger partial charge < -0.3 is 24.1 Å². The van der Waals surface area contributed by atoms with E-state index in [-0.39, 0.29) is 16.4 Å². The number of fused-ring (bicyclic) bond motifs is 3. The zero-order chi connectivity index (χ0) is 23.9. The summed E-state index contributed by atoms with van der Waals surface area (Å²) < 4.78 is 25.6. The Morgan fingerprint density at radius 3 is 2.48 bits per heavy atom. The van der Waals surface area contributed by atoms with E-state index in [2.05, 4.69) is 39.8 Å². The van der Waals surface area contributed by atoms with Gasteiger partial charge in [-0.25, -0.2) is 0 Å². The second kappa shape index (κ2) is 7.14. The number of allylic oxidation sites excluding steroid dienone is 1. The van der Waals surface area contributed by atoms with Crippen LogP contribution in [0.3, 0.4) is 0 Å². The minimum absolute atomic E-state index is 0.0348. The first kappa shape index (κ1) is 23.0. The van der Waals surface area contributed by atoms with Crippen molar-refractivity contribution in [2.24, 2.45) is 10.8 Å². The third-order valence-electron chi connectivity index (χ3n) is 9.32. The molecule has 5 atom stereocenters. The van der Waals surface area contributed by atoms with Crippen LogP contribution in [0.4, 0.5) is 0 Å². The van der Waals surface area contributed by atoms with Crippen LogP contribution in [0.25, 0.3) is 0 Å². The summed E-state index contributed by atoms with van der Waals surface area (Å²) in [6, 6.07) is 4.13. The van der Waals surface area contributed by atoms with Gasteiger partial charge in [0.1, 0.15) is 22.9 Å². The Bertz CT molecular complexity index is 998. The zero-order valence-electron chi connectivity index (χ0n) is 21.3. The van der Waals surface area contributed by atoms with E-state index in [4.69, 9.17) is 18.9 Å². The van der Waals surface area contributed by atoms with Crippen molar-refractivity contribution >= 4 is 0 Å². The maximum absolute atomic E-state index is 10.9. The van der Waals surface area contributed by atoms with Crippen LogP contribution in [-0.4, -0.2) is 35.3 Å². The Hall–Kier alpha value is -1.72. The van der Waals surface area contributed by atoms with Crippen molar-refractivity contribution in [1.29, 1.82) is 0 Å². The fraction of sp³-hybridized carbons (Fsp3) is 0.714. The van der Waals surface area contributed by atoms with E-state index >= 15 is 0 Å². The van der Waals surface area contributed by atoms with Gasteiger partial charge in [0.25, 0.3) is 0 Å². The first-order valence-electron chi connectivity index (χ1n) is 12.5. The van der Waals surface area contributed by atoms with Gasteiger partial charge in [-0.2, -0.15) is 0 Å². The van der Waals surface area contributed by atoms with Crippen LogP contribution in [0, 0.1) is 17.8 Å². The minimum Gasteiger partial charge on any atom is -0.497 e. The molecular weight excluding hydrogens is 416 g/mol. The quantitative estimate of drug-likeness (QED) is 0.619. The van der Waals surface area contributed by atoms with Gasteiger partial charge in [0, 0.05) is 23.7 Å². The Labute approximate surface area is 198 Å². The molecule has 1 aromatic carbocycles. The van der Waals surface area contributed by atoms with E-state index < -0.39 is 17.5 Å². The Balaban J connectivity index is 1.47. The summed E-state index contributed by atoms with van der Waals surface area (Å²) in [6.07, 6.45) is 8.14. The minimum atomic E-state index is -0.808. The monoisotopic (exact) mass is 456 g/mol. The number of ether oxygens (including phenoxy) is 4. The number of aliphatic hydroxyl groups excluding tert-OH is 1. The highest BCUT2D eigenvalue weighted by Crippen LogP contribution is 2.67. The van der Waals surface area contributed by atoms with Crippen LogP contribution >= 0.6 is 0 Å². The highest BCUT2D eigenvalue weighted by atomic mass is 16.7. The molecule has 1 aromatic rings. The normalized spacial score (nSPS) is 41.1. The average Bonchev–Trinajstić information content (AvgIpc) is 3.15. The van der Waals surface area contributed by atoms with Gasteiger partial charge in [-0.3, -0.25) is 0 Å². The smallest absolute Gasteiger partial charge is 0.219 e. The Morgan fingerprint density at radius 1 is 1.06 bits per heavy atom. The predicted molar refractivity (Wildman–Crippen MR) is 127 cm³/mol. The van der Waals surface area contributed by atoms with E-state index in [9.17, 15) is 5.11 Å². The topological polar surface area (TPSA) is 57.2 Å². The molecule has 3 heterocycles. The predicted octanol–water partition coefficient (Wildman–Crippen LogP) is 5.84. The van der Waals surface area contributed by atoms with Gasteiger partial charge in [-0.15, -0.1) is 0 Å². The summed E-state index contributed by atoms with van der Waals surface area (Å²) in [4.78, 5) is 0. The van der Waals surface area contributed by atoms with Crippen molar-refractivity contribution < 1.29 is 24.1 Å². The number of methoxy groups -OCH3 is 1. The van der Waals surface area contributed by atoms with Gasteiger partial charge in [-0.1, -0.05) is 20.3 Å². The second-order valence-corrected chi connectivity index (χ2v) is 12.2. The molecule has 2 fully saturated rings. The molecule has 1 aliphatic carbocycles. The molecule has 5 rings (SSSR count). The van der Waals surface area contributed by atoms with E-state index in [1.807, 2.05) is 19.9 Å². The number of hydrogen-bond donors (Lipinski definition) is 1. The molecular formula is C28H40O5. The first-order chi connectivity index (χ1) is 15.3. The van der Waals surface area contributed by atoms with Gasteiger partial charge in [0.15, 0.2) is 0 Å². The van der Waals surface area contributed by atoms with Gasteiger partial charge in [-0.05, 0) is 82.7 Å². The fourth-order valence-electron chi connectivity index (χ4n) is 6.91.